The van der Waals surface area contributed by atoms with E-state index in [4.69, 9.17) is 4.74 Å². The molecular weight excluding hydrogens is 243 g/mol. The first-order valence-electron chi connectivity index (χ1n) is 6.01. The maximum Gasteiger partial charge on any atom is 0.126 e. The fraction of sp³-hybridized carbons (Fsp3) is 0.133. The highest BCUT2D eigenvalue weighted by molar-refractivity contribution is 5.50. The van der Waals surface area contributed by atoms with E-state index in [2.05, 4.69) is 4.98 Å². The van der Waals surface area contributed by atoms with Gasteiger partial charge in [0.25, 0.3) is 0 Å². The minimum absolute atomic E-state index is 0.201. The molecule has 3 rings (SSSR count). The van der Waals surface area contributed by atoms with Crippen LogP contribution in [0.15, 0.2) is 48.8 Å². The molecular formula is C15H13FN2O. The highest BCUT2D eigenvalue weighted by atomic mass is 19.1. The summed E-state index contributed by atoms with van der Waals surface area (Å²) < 4.78 is 20.8. The van der Waals surface area contributed by atoms with Crippen molar-refractivity contribution in [3.8, 4) is 5.75 Å². The summed E-state index contributed by atoms with van der Waals surface area (Å²) in [6, 6.07) is 10.5. The minimum atomic E-state index is -0.201. The number of aromatic nitrogens is 2. The molecule has 3 nitrogen and oxygen atoms in total. The number of rotatable bonds is 3. The Hall–Kier alpha value is -2.36. The molecule has 0 fully saturated rings. The van der Waals surface area contributed by atoms with Crippen LogP contribution in [-0.2, 0) is 6.42 Å². The average molecular weight is 256 g/mol. The summed E-state index contributed by atoms with van der Waals surface area (Å²) in [5.74, 6) is 1.39. The van der Waals surface area contributed by atoms with Gasteiger partial charge in [-0.2, -0.15) is 0 Å². The van der Waals surface area contributed by atoms with Crippen molar-refractivity contribution in [2.45, 2.75) is 6.42 Å². The summed E-state index contributed by atoms with van der Waals surface area (Å²) in [7, 11) is 1.63. The molecule has 0 saturated carbocycles. The first-order chi connectivity index (χ1) is 9.28. The van der Waals surface area contributed by atoms with Crippen molar-refractivity contribution in [3.63, 3.8) is 0 Å². The van der Waals surface area contributed by atoms with Crippen LogP contribution in [0.25, 0.3) is 5.52 Å². The highest BCUT2D eigenvalue weighted by Crippen LogP contribution is 2.18. The third-order valence-corrected chi connectivity index (χ3v) is 3.12. The Kier molecular flexibility index (Phi) is 2.91. The number of nitrogens with zero attached hydrogens (tertiary/aromatic N) is 2. The lowest BCUT2D eigenvalue weighted by Gasteiger charge is -2.04. The van der Waals surface area contributed by atoms with E-state index in [1.54, 1.807) is 25.4 Å². The van der Waals surface area contributed by atoms with Crippen LogP contribution in [0.2, 0.25) is 0 Å². The summed E-state index contributed by atoms with van der Waals surface area (Å²) in [4.78, 5) is 4.35. The monoisotopic (exact) mass is 256 g/mol. The molecule has 0 spiro atoms. The Labute approximate surface area is 110 Å². The van der Waals surface area contributed by atoms with E-state index in [0.717, 1.165) is 17.1 Å². The van der Waals surface area contributed by atoms with Gasteiger partial charge in [0.2, 0.25) is 0 Å². The Morgan fingerprint density at radius 1 is 1.26 bits per heavy atom. The molecule has 2 aromatic heterocycles. The lowest BCUT2D eigenvalue weighted by atomic mass is 10.1. The molecule has 0 amide bonds. The van der Waals surface area contributed by atoms with Gasteiger partial charge in [0.15, 0.2) is 0 Å². The lowest BCUT2D eigenvalue weighted by molar-refractivity contribution is 0.414. The lowest BCUT2D eigenvalue weighted by Crippen LogP contribution is -1.98. The number of ether oxygens (including phenoxy) is 1. The molecule has 4 heteroatoms. The largest absolute Gasteiger partial charge is 0.497 e. The summed E-state index contributed by atoms with van der Waals surface area (Å²) in [5.41, 5.74) is 1.58. The molecule has 0 radical (unpaired) electrons. The van der Waals surface area contributed by atoms with E-state index in [0.29, 0.717) is 12.0 Å². The Bertz CT molecular complexity index is 721. The molecule has 0 N–H and O–H groups in total. The Morgan fingerprint density at radius 2 is 2.11 bits per heavy atom. The Balaban J connectivity index is 2.00. The summed E-state index contributed by atoms with van der Waals surface area (Å²) >= 11 is 0. The van der Waals surface area contributed by atoms with E-state index in [-0.39, 0.29) is 5.82 Å². The number of imidazole rings is 1. The van der Waals surface area contributed by atoms with Gasteiger partial charge in [0.05, 0.1) is 18.8 Å². The van der Waals surface area contributed by atoms with Gasteiger partial charge in [-0.1, -0.05) is 18.2 Å². The predicted octanol–water partition coefficient (Wildman–Crippen LogP) is 3.07. The predicted molar refractivity (Wildman–Crippen MR) is 71.0 cm³/mol. The standard InChI is InChI=1S/C15H13FN2O/c1-19-13-6-7-18-12(9-13)10-17-15(18)8-11-4-2-3-5-14(11)16/h2-7,9-10H,8H2,1H3. The van der Waals surface area contributed by atoms with Crippen LogP contribution in [0.1, 0.15) is 11.4 Å². The molecule has 0 aliphatic heterocycles. The Morgan fingerprint density at radius 3 is 2.89 bits per heavy atom. The molecule has 19 heavy (non-hydrogen) atoms. The second-order valence-corrected chi connectivity index (χ2v) is 4.30. The van der Waals surface area contributed by atoms with E-state index in [1.165, 1.54) is 6.07 Å². The van der Waals surface area contributed by atoms with E-state index in [9.17, 15) is 4.39 Å². The van der Waals surface area contributed by atoms with Crippen LogP contribution in [0, 0.1) is 5.82 Å². The number of hydrogen-bond donors (Lipinski definition) is 0. The van der Waals surface area contributed by atoms with Gasteiger partial charge in [-0.15, -0.1) is 0 Å². The normalized spacial score (nSPS) is 10.8. The van der Waals surface area contributed by atoms with Gasteiger partial charge >= 0.3 is 0 Å². The van der Waals surface area contributed by atoms with E-state index >= 15 is 0 Å². The van der Waals surface area contributed by atoms with Crippen molar-refractivity contribution in [2.75, 3.05) is 7.11 Å². The maximum atomic E-state index is 13.6. The molecule has 0 bridgehead atoms. The molecule has 1 aromatic carbocycles. The zero-order chi connectivity index (χ0) is 13.2. The molecule has 3 aromatic rings. The SMILES string of the molecule is COc1ccn2c(Cc3ccccc3F)ncc2c1. The van der Waals surface area contributed by atoms with Crippen LogP contribution in [0.5, 0.6) is 5.75 Å². The molecule has 96 valence electrons. The second kappa shape index (κ2) is 4.72. The fourth-order valence-electron chi connectivity index (χ4n) is 2.10. The number of halogens is 1. The van der Waals surface area contributed by atoms with Crippen molar-refractivity contribution >= 4 is 5.52 Å². The van der Waals surface area contributed by atoms with Crippen molar-refractivity contribution in [1.82, 2.24) is 9.38 Å². The van der Waals surface area contributed by atoms with Crippen LogP contribution < -0.4 is 4.74 Å². The van der Waals surface area contributed by atoms with Crippen molar-refractivity contribution < 1.29 is 9.13 Å². The summed E-state index contributed by atoms with van der Waals surface area (Å²) in [6.45, 7) is 0. The second-order valence-electron chi connectivity index (χ2n) is 4.30. The van der Waals surface area contributed by atoms with Gasteiger partial charge in [-0.3, -0.25) is 0 Å². The molecule has 0 atom stereocenters. The third-order valence-electron chi connectivity index (χ3n) is 3.12. The van der Waals surface area contributed by atoms with Gasteiger partial charge in [-0.05, 0) is 17.7 Å². The first kappa shape index (κ1) is 11.7. The molecule has 0 aliphatic carbocycles. The molecule has 2 heterocycles. The van der Waals surface area contributed by atoms with Crippen LogP contribution >= 0.6 is 0 Å². The number of hydrogen-bond acceptors (Lipinski definition) is 2. The zero-order valence-electron chi connectivity index (χ0n) is 10.5. The number of fused-ring (bicyclic) bond motifs is 1. The fourth-order valence-corrected chi connectivity index (χ4v) is 2.10. The molecule has 0 aliphatic rings. The first-order valence-corrected chi connectivity index (χ1v) is 6.01. The van der Waals surface area contributed by atoms with Crippen molar-refractivity contribution in [3.05, 3.63) is 66.0 Å². The maximum absolute atomic E-state index is 13.6. The summed E-state index contributed by atoms with van der Waals surface area (Å²) in [5, 5.41) is 0. The molecule has 0 unspecified atom stereocenters. The quantitative estimate of drug-likeness (QED) is 0.720. The topological polar surface area (TPSA) is 26.5 Å². The number of pyridine rings is 1. The van der Waals surface area contributed by atoms with Crippen LogP contribution in [0.3, 0.4) is 0 Å². The smallest absolute Gasteiger partial charge is 0.126 e. The van der Waals surface area contributed by atoms with Gasteiger partial charge < -0.3 is 9.14 Å². The summed E-state index contributed by atoms with van der Waals surface area (Å²) in [6.07, 6.45) is 4.11. The highest BCUT2D eigenvalue weighted by Gasteiger charge is 2.08. The van der Waals surface area contributed by atoms with Gasteiger partial charge in [0.1, 0.15) is 17.4 Å². The van der Waals surface area contributed by atoms with Gasteiger partial charge in [-0.25, -0.2) is 9.37 Å². The van der Waals surface area contributed by atoms with Crippen molar-refractivity contribution in [1.29, 1.82) is 0 Å². The van der Waals surface area contributed by atoms with E-state index < -0.39 is 0 Å². The third kappa shape index (κ3) is 2.17. The van der Waals surface area contributed by atoms with Crippen molar-refractivity contribution in [2.24, 2.45) is 0 Å². The number of benzene rings is 1. The van der Waals surface area contributed by atoms with Crippen LogP contribution in [-0.4, -0.2) is 16.5 Å². The molecule has 0 saturated heterocycles. The van der Waals surface area contributed by atoms with Gasteiger partial charge in [0, 0.05) is 18.7 Å². The van der Waals surface area contributed by atoms with E-state index in [1.807, 2.05) is 28.8 Å². The average Bonchev–Trinajstić information content (AvgIpc) is 2.83. The minimum Gasteiger partial charge on any atom is -0.497 e. The van der Waals surface area contributed by atoms with Crippen LogP contribution in [0.4, 0.5) is 4.39 Å². The zero-order valence-corrected chi connectivity index (χ0v) is 10.5. The number of methoxy groups -OCH3 is 1.